The predicted molar refractivity (Wildman–Crippen MR) is 129 cm³/mol. The molecule has 0 radical (unpaired) electrons. The van der Waals surface area contributed by atoms with Gasteiger partial charge in [-0.15, -0.1) is 0 Å². The molecule has 0 aliphatic carbocycles. The maximum Gasteiger partial charge on any atom is 0.303 e. The first-order valence-electron chi connectivity index (χ1n) is 12.6. The van der Waals surface area contributed by atoms with E-state index in [0.29, 0.717) is 6.61 Å². The Morgan fingerprint density at radius 3 is 1.91 bits per heavy atom. The van der Waals surface area contributed by atoms with Crippen molar-refractivity contribution < 1.29 is 24.2 Å². The Balaban J connectivity index is 2.27. The second-order valence-electron chi connectivity index (χ2n) is 8.75. The van der Waals surface area contributed by atoms with Gasteiger partial charge in [-0.05, 0) is 44.1 Å². The quantitative estimate of drug-likeness (QED) is 0.171. The molecule has 0 fully saturated rings. The molecule has 0 saturated carbocycles. The van der Waals surface area contributed by atoms with Crippen LogP contribution in [0.1, 0.15) is 109 Å². The summed E-state index contributed by atoms with van der Waals surface area (Å²) >= 11 is 0. The molecule has 0 spiro atoms. The Morgan fingerprint density at radius 2 is 1.34 bits per heavy atom. The van der Waals surface area contributed by atoms with Gasteiger partial charge in [0.1, 0.15) is 6.10 Å². The number of ether oxygens (including phenoxy) is 2. The Hall–Kier alpha value is -1.88. The van der Waals surface area contributed by atoms with Crippen molar-refractivity contribution >= 4 is 11.9 Å². The first-order chi connectivity index (χ1) is 15.5. The lowest BCUT2D eigenvalue weighted by molar-refractivity contribution is -0.146. The van der Waals surface area contributed by atoms with Crippen molar-refractivity contribution in [3.63, 3.8) is 0 Å². The average molecular weight is 449 g/mol. The molecule has 0 aliphatic rings. The Bertz CT molecular complexity index is 601. The molecule has 0 aromatic heterocycles. The minimum Gasteiger partial charge on any atom is -0.481 e. The number of esters is 1. The molecule has 2 atom stereocenters. The second-order valence-corrected chi connectivity index (χ2v) is 8.75. The molecule has 5 nitrogen and oxygen atoms in total. The first kappa shape index (κ1) is 28.2. The van der Waals surface area contributed by atoms with Gasteiger partial charge < -0.3 is 14.6 Å². The lowest BCUT2D eigenvalue weighted by Crippen LogP contribution is -2.15. The van der Waals surface area contributed by atoms with Gasteiger partial charge in [0.2, 0.25) is 0 Å². The predicted octanol–water partition coefficient (Wildman–Crippen LogP) is 7.07. The van der Waals surface area contributed by atoms with Gasteiger partial charge in [-0.2, -0.15) is 0 Å². The molecule has 0 bridgehead atoms. The zero-order valence-electron chi connectivity index (χ0n) is 20.2. The van der Waals surface area contributed by atoms with Crippen LogP contribution in [-0.4, -0.2) is 29.3 Å². The highest BCUT2D eigenvalue weighted by Gasteiger charge is 2.12. The molecule has 182 valence electrons. The fourth-order valence-corrected chi connectivity index (χ4v) is 3.96. The van der Waals surface area contributed by atoms with E-state index in [1.165, 1.54) is 25.3 Å². The number of rotatable bonds is 20. The van der Waals surface area contributed by atoms with E-state index >= 15 is 0 Å². The highest BCUT2D eigenvalue weighted by molar-refractivity contribution is 5.66. The molecule has 32 heavy (non-hydrogen) atoms. The van der Waals surface area contributed by atoms with E-state index in [9.17, 15) is 9.59 Å². The van der Waals surface area contributed by atoms with E-state index in [4.69, 9.17) is 14.6 Å². The third-order valence-electron chi connectivity index (χ3n) is 5.84. The first-order valence-corrected chi connectivity index (χ1v) is 12.6. The number of hydrogen-bond donors (Lipinski definition) is 1. The van der Waals surface area contributed by atoms with Crippen molar-refractivity contribution in [3.05, 3.63) is 35.9 Å². The van der Waals surface area contributed by atoms with Crippen molar-refractivity contribution in [2.75, 3.05) is 0 Å². The highest BCUT2D eigenvalue weighted by atomic mass is 16.5. The van der Waals surface area contributed by atoms with Crippen LogP contribution in [0, 0.1) is 0 Å². The van der Waals surface area contributed by atoms with Gasteiger partial charge in [0.15, 0.2) is 0 Å². The van der Waals surface area contributed by atoms with E-state index in [0.717, 1.165) is 70.6 Å². The van der Waals surface area contributed by atoms with Crippen LogP contribution >= 0.6 is 0 Å². The number of aliphatic carboxylic acids is 1. The molecule has 1 aromatic carbocycles. The zero-order valence-corrected chi connectivity index (χ0v) is 20.2. The monoisotopic (exact) mass is 448 g/mol. The van der Waals surface area contributed by atoms with E-state index < -0.39 is 5.97 Å². The van der Waals surface area contributed by atoms with Crippen molar-refractivity contribution in [2.45, 2.75) is 123 Å². The summed E-state index contributed by atoms with van der Waals surface area (Å²) < 4.78 is 11.6. The number of benzene rings is 1. The average Bonchev–Trinajstić information content (AvgIpc) is 2.77. The van der Waals surface area contributed by atoms with Gasteiger partial charge in [-0.3, -0.25) is 9.59 Å². The number of carboxylic acid groups (broad SMARTS) is 1. The lowest BCUT2D eigenvalue weighted by Gasteiger charge is -2.19. The topological polar surface area (TPSA) is 72.8 Å². The Morgan fingerprint density at radius 1 is 0.812 bits per heavy atom. The summed E-state index contributed by atoms with van der Waals surface area (Å²) in [7, 11) is 0. The van der Waals surface area contributed by atoms with Crippen LogP contribution in [0.25, 0.3) is 0 Å². The SMILES string of the molecule is CCC(CCCCCC(CCCCCCCCC(=O)O)OCc1ccccc1)OC(C)=O. The van der Waals surface area contributed by atoms with Gasteiger partial charge in [-0.25, -0.2) is 0 Å². The van der Waals surface area contributed by atoms with E-state index in [2.05, 4.69) is 19.1 Å². The fourth-order valence-electron chi connectivity index (χ4n) is 3.96. The van der Waals surface area contributed by atoms with Gasteiger partial charge in [-0.1, -0.05) is 82.2 Å². The molecule has 0 saturated heterocycles. The van der Waals surface area contributed by atoms with Gasteiger partial charge in [0.25, 0.3) is 0 Å². The highest BCUT2D eigenvalue weighted by Crippen LogP contribution is 2.19. The molecule has 2 unspecified atom stereocenters. The van der Waals surface area contributed by atoms with E-state index in [1.807, 2.05) is 18.2 Å². The normalized spacial score (nSPS) is 12.9. The molecule has 1 aromatic rings. The number of hydrogen-bond acceptors (Lipinski definition) is 4. The largest absolute Gasteiger partial charge is 0.481 e. The molecule has 0 amide bonds. The summed E-state index contributed by atoms with van der Waals surface area (Å²) in [6.07, 6.45) is 14.3. The number of unbranched alkanes of at least 4 members (excludes halogenated alkanes) is 7. The van der Waals surface area contributed by atoms with Crippen molar-refractivity contribution in [1.82, 2.24) is 0 Å². The summed E-state index contributed by atoms with van der Waals surface area (Å²) in [5.74, 6) is -0.881. The summed E-state index contributed by atoms with van der Waals surface area (Å²) in [4.78, 5) is 21.7. The van der Waals surface area contributed by atoms with Gasteiger partial charge in [0.05, 0.1) is 12.7 Å². The standard InChI is InChI=1S/C27H44O5/c1-3-25(32-23(2)28)18-13-9-14-20-26(31-22-24-16-10-8-11-17-24)19-12-6-4-5-7-15-21-27(29)30/h8,10-11,16-17,25-26H,3-7,9,12-15,18-22H2,1-2H3,(H,29,30). The number of carbonyl (C=O) groups is 2. The van der Waals surface area contributed by atoms with Gasteiger partial charge in [0, 0.05) is 13.3 Å². The van der Waals surface area contributed by atoms with Crippen LogP contribution in [0.4, 0.5) is 0 Å². The minimum atomic E-state index is -0.694. The number of carboxylic acids is 1. The Labute approximate surface area is 194 Å². The fraction of sp³-hybridized carbons (Fsp3) is 0.704. The molecule has 1 rings (SSSR count). The summed E-state index contributed by atoms with van der Waals surface area (Å²) in [6, 6.07) is 10.3. The molecule has 1 N–H and O–H groups in total. The van der Waals surface area contributed by atoms with Crippen LogP contribution in [0.15, 0.2) is 30.3 Å². The molecule has 5 heteroatoms. The minimum absolute atomic E-state index is 0.0492. The van der Waals surface area contributed by atoms with Crippen LogP contribution in [0.5, 0.6) is 0 Å². The third kappa shape index (κ3) is 15.9. The van der Waals surface area contributed by atoms with Crippen LogP contribution in [0.3, 0.4) is 0 Å². The smallest absolute Gasteiger partial charge is 0.303 e. The molecular weight excluding hydrogens is 404 g/mol. The Kier molecular flexibility index (Phi) is 16.4. The molecule has 0 aliphatic heterocycles. The second kappa shape index (κ2) is 18.7. The number of carbonyl (C=O) groups excluding carboxylic acids is 1. The summed E-state index contributed by atoms with van der Waals surface area (Å²) in [6.45, 7) is 4.20. The summed E-state index contributed by atoms with van der Waals surface area (Å²) in [5, 5.41) is 8.69. The van der Waals surface area contributed by atoms with Crippen LogP contribution in [0.2, 0.25) is 0 Å². The van der Waals surface area contributed by atoms with Crippen molar-refractivity contribution in [2.24, 2.45) is 0 Å². The van der Waals surface area contributed by atoms with Crippen LogP contribution < -0.4 is 0 Å². The van der Waals surface area contributed by atoms with Gasteiger partial charge >= 0.3 is 11.9 Å². The molecular formula is C27H44O5. The molecule has 0 heterocycles. The van der Waals surface area contributed by atoms with Crippen LogP contribution in [-0.2, 0) is 25.7 Å². The zero-order chi connectivity index (χ0) is 23.4. The third-order valence-corrected chi connectivity index (χ3v) is 5.84. The van der Waals surface area contributed by atoms with E-state index in [1.54, 1.807) is 0 Å². The van der Waals surface area contributed by atoms with E-state index in [-0.39, 0.29) is 24.6 Å². The summed E-state index contributed by atoms with van der Waals surface area (Å²) in [5.41, 5.74) is 1.21. The maximum atomic E-state index is 11.1. The lowest BCUT2D eigenvalue weighted by atomic mass is 10.0. The van der Waals surface area contributed by atoms with Crippen molar-refractivity contribution in [1.29, 1.82) is 0 Å². The van der Waals surface area contributed by atoms with Crippen molar-refractivity contribution in [3.8, 4) is 0 Å². The maximum absolute atomic E-state index is 11.1.